The van der Waals surface area contributed by atoms with Crippen molar-refractivity contribution < 1.29 is 18.3 Å². The second kappa shape index (κ2) is 6.54. The Balaban J connectivity index is 1.88. The van der Waals surface area contributed by atoms with Crippen molar-refractivity contribution in [3.05, 3.63) is 40.1 Å². The van der Waals surface area contributed by atoms with E-state index in [9.17, 15) is 18.3 Å². The van der Waals surface area contributed by atoms with Crippen LogP contribution in [0.15, 0.2) is 34.5 Å². The monoisotopic (exact) mass is 366 g/mol. The number of benzene rings is 1. The molecule has 3 rings (SSSR count). The van der Waals surface area contributed by atoms with Gasteiger partial charge in [0.05, 0.1) is 5.69 Å². The van der Waals surface area contributed by atoms with Gasteiger partial charge in [0.15, 0.2) is 0 Å². The molecule has 2 heterocycles. The third-order valence-electron chi connectivity index (χ3n) is 3.92. The van der Waals surface area contributed by atoms with E-state index in [0.717, 1.165) is 29.7 Å². The number of phenolic OH excluding ortho intramolecular Hbond substituents is 1. The fourth-order valence-corrected chi connectivity index (χ4v) is 5.47. The zero-order valence-electron chi connectivity index (χ0n) is 13.2. The number of rotatable bonds is 4. The number of hydrogen-bond donors (Lipinski definition) is 2. The van der Waals surface area contributed by atoms with E-state index in [1.807, 2.05) is 6.92 Å². The molecule has 0 radical (unpaired) electrons. The highest BCUT2D eigenvalue weighted by Gasteiger charge is 2.31. The van der Waals surface area contributed by atoms with Crippen LogP contribution in [0.5, 0.6) is 5.75 Å². The third-order valence-corrected chi connectivity index (χ3v) is 6.90. The molecular formula is C16H18N2O4S2. The van der Waals surface area contributed by atoms with E-state index in [1.165, 1.54) is 16.4 Å². The van der Waals surface area contributed by atoms with Gasteiger partial charge in [-0.3, -0.25) is 4.79 Å². The Labute approximate surface area is 144 Å². The Morgan fingerprint density at radius 3 is 2.62 bits per heavy atom. The van der Waals surface area contributed by atoms with Crippen molar-refractivity contribution in [3.63, 3.8) is 0 Å². The van der Waals surface area contributed by atoms with Crippen LogP contribution in [0.3, 0.4) is 0 Å². The van der Waals surface area contributed by atoms with Crippen LogP contribution in [0.2, 0.25) is 0 Å². The van der Waals surface area contributed by atoms with E-state index in [4.69, 9.17) is 0 Å². The lowest BCUT2D eigenvalue weighted by Crippen LogP contribution is -2.29. The summed E-state index contributed by atoms with van der Waals surface area (Å²) in [5.41, 5.74) is 1.11. The second-order valence-electron chi connectivity index (χ2n) is 5.70. The van der Waals surface area contributed by atoms with Crippen molar-refractivity contribution in [2.24, 2.45) is 0 Å². The van der Waals surface area contributed by atoms with Gasteiger partial charge in [0.2, 0.25) is 10.0 Å². The van der Waals surface area contributed by atoms with Crippen molar-refractivity contribution in [2.45, 2.75) is 24.7 Å². The highest BCUT2D eigenvalue weighted by Crippen LogP contribution is 2.30. The zero-order chi connectivity index (χ0) is 17.3. The number of aryl methyl sites for hydroxylation is 1. The number of sulfonamides is 1. The Morgan fingerprint density at radius 1 is 1.25 bits per heavy atom. The smallest absolute Gasteiger partial charge is 0.267 e. The van der Waals surface area contributed by atoms with Crippen LogP contribution < -0.4 is 5.32 Å². The van der Waals surface area contributed by atoms with E-state index in [1.54, 1.807) is 17.5 Å². The quantitative estimate of drug-likeness (QED) is 0.815. The molecule has 0 aliphatic carbocycles. The van der Waals surface area contributed by atoms with E-state index in [0.29, 0.717) is 13.1 Å². The molecule has 1 aromatic carbocycles. The minimum Gasteiger partial charge on any atom is -0.506 e. The number of amides is 1. The first kappa shape index (κ1) is 16.9. The first-order valence-corrected chi connectivity index (χ1v) is 9.90. The fraction of sp³-hybridized carbons (Fsp3) is 0.312. The molecule has 1 aliphatic rings. The SMILES string of the molecule is Cc1ccc(NC(=O)c2sccc2S(=O)(=O)N2CCCC2)c(O)c1. The lowest BCUT2D eigenvalue weighted by Gasteiger charge is -2.15. The largest absolute Gasteiger partial charge is 0.506 e. The maximum Gasteiger partial charge on any atom is 0.267 e. The summed E-state index contributed by atoms with van der Waals surface area (Å²) in [6, 6.07) is 6.34. The lowest BCUT2D eigenvalue weighted by molar-refractivity contribution is 0.102. The van der Waals surface area contributed by atoms with E-state index in [2.05, 4.69) is 5.32 Å². The van der Waals surface area contributed by atoms with E-state index >= 15 is 0 Å². The van der Waals surface area contributed by atoms with Crippen molar-refractivity contribution in [2.75, 3.05) is 18.4 Å². The van der Waals surface area contributed by atoms with E-state index < -0.39 is 15.9 Å². The molecule has 2 N–H and O–H groups in total. The maximum atomic E-state index is 12.7. The first-order chi connectivity index (χ1) is 11.4. The third kappa shape index (κ3) is 3.17. The summed E-state index contributed by atoms with van der Waals surface area (Å²) in [7, 11) is -3.66. The summed E-state index contributed by atoms with van der Waals surface area (Å²) < 4.78 is 26.8. The topological polar surface area (TPSA) is 86.7 Å². The van der Waals surface area contributed by atoms with Gasteiger partial charge in [0, 0.05) is 13.1 Å². The summed E-state index contributed by atoms with van der Waals surface area (Å²) in [5, 5.41) is 14.1. The predicted octanol–water partition coefficient (Wildman–Crippen LogP) is 2.80. The van der Waals surface area contributed by atoms with Gasteiger partial charge in [-0.25, -0.2) is 8.42 Å². The molecule has 2 aromatic rings. The van der Waals surface area contributed by atoms with Crippen LogP contribution >= 0.6 is 11.3 Å². The molecule has 1 amide bonds. The lowest BCUT2D eigenvalue weighted by atomic mass is 10.2. The molecule has 1 aromatic heterocycles. The van der Waals surface area contributed by atoms with Crippen molar-refractivity contribution in [1.29, 1.82) is 0 Å². The zero-order valence-corrected chi connectivity index (χ0v) is 14.8. The number of carbonyl (C=O) groups is 1. The molecule has 0 bridgehead atoms. The van der Waals surface area contributed by atoms with Crippen LogP contribution in [0.25, 0.3) is 0 Å². The Kier molecular flexibility index (Phi) is 4.62. The van der Waals surface area contributed by atoms with Gasteiger partial charge in [-0.1, -0.05) is 6.07 Å². The van der Waals surface area contributed by atoms with E-state index in [-0.39, 0.29) is 21.2 Å². The molecule has 0 saturated carbocycles. The Morgan fingerprint density at radius 2 is 1.96 bits per heavy atom. The van der Waals surface area contributed by atoms with Crippen LogP contribution in [-0.2, 0) is 10.0 Å². The fourth-order valence-electron chi connectivity index (χ4n) is 2.66. The molecule has 0 spiro atoms. The number of nitrogens with one attached hydrogen (secondary N) is 1. The van der Waals surface area contributed by atoms with Gasteiger partial charge in [0.1, 0.15) is 15.5 Å². The minimum atomic E-state index is -3.66. The van der Waals surface area contributed by atoms with Crippen LogP contribution in [0.1, 0.15) is 28.1 Å². The molecule has 1 saturated heterocycles. The normalized spacial score (nSPS) is 15.5. The second-order valence-corrected chi connectivity index (χ2v) is 8.52. The molecular weight excluding hydrogens is 348 g/mol. The number of thiophene rings is 1. The average molecular weight is 366 g/mol. The standard InChI is InChI=1S/C16H18N2O4S2/c1-11-4-5-12(13(19)10-11)17-16(20)15-14(6-9-23-15)24(21,22)18-7-2-3-8-18/h4-6,9-10,19H,2-3,7-8H2,1H3,(H,17,20). The van der Waals surface area contributed by atoms with Gasteiger partial charge < -0.3 is 10.4 Å². The summed E-state index contributed by atoms with van der Waals surface area (Å²) in [5.74, 6) is -0.592. The molecule has 24 heavy (non-hydrogen) atoms. The van der Waals surface area contributed by atoms with Gasteiger partial charge in [0.25, 0.3) is 5.91 Å². The predicted molar refractivity (Wildman–Crippen MR) is 93.1 cm³/mol. The van der Waals surface area contributed by atoms with Gasteiger partial charge in [-0.2, -0.15) is 4.31 Å². The van der Waals surface area contributed by atoms with Gasteiger partial charge in [-0.15, -0.1) is 11.3 Å². The Hall–Kier alpha value is -1.90. The van der Waals surface area contributed by atoms with Gasteiger partial charge in [-0.05, 0) is 48.9 Å². The minimum absolute atomic E-state index is 0.0264. The molecule has 0 atom stereocenters. The number of hydrogen-bond acceptors (Lipinski definition) is 5. The molecule has 8 heteroatoms. The van der Waals surface area contributed by atoms with Crippen molar-refractivity contribution in [1.82, 2.24) is 4.31 Å². The maximum absolute atomic E-state index is 12.7. The summed E-state index contributed by atoms with van der Waals surface area (Å²) in [6.07, 6.45) is 1.67. The molecule has 0 unspecified atom stereocenters. The number of nitrogens with zero attached hydrogens (tertiary/aromatic N) is 1. The molecule has 6 nitrogen and oxygen atoms in total. The van der Waals surface area contributed by atoms with Crippen LogP contribution in [0, 0.1) is 6.92 Å². The molecule has 1 aliphatic heterocycles. The number of anilines is 1. The highest BCUT2D eigenvalue weighted by molar-refractivity contribution is 7.89. The summed E-state index contributed by atoms with van der Waals surface area (Å²) in [4.78, 5) is 12.7. The number of phenols is 1. The number of carbonyl (C=O) groups excluding carboxylic acids is 1. The summed E-state index contributed by atoms with van der Waals surface area (Å²) >= 11 is 1.07. The van der Waals surface area contributed by atoms with Crippen LogP contribution in [-0.4, -0.2) is 36.8 Å². The van der Waals surface area contributed by atoms with Gasteiger partial charge >= 0.3 is 0 Å². The van der Waals surface area contributed by atoms with Crippen LogP contribution in [0.4, 0.5) is 5.69 Å². The average Bonchev–Trinajstić information content (AvgIpc) is 3.21. The van der Waals surface area contributed by atoms with Crippen molar-refractivity contribution in [3.8, 4) is 5.75 Å². The molecule has 1 fully saturated rings. The summed E-state index contributed by atoms with van der Waals surface area (Å²) in [6.45, 7) is 2.79. The first-order valence-electron chi connectivity index (χ1n) is 7.58. The highest BCUT2D eigenvalue weighted by atomic mass is 32.2. The molecule has 128 valence electrons. The number of aromatic hydroxyl groups is 1. The Bertz CT molecular complexity index is 868. The van der Waals surface area contributed by atoms with Crippen molar-refractivity contribution >= 4 is 33.0 Å².